The number of benzene rings is 4. The van der Waals surface area contributed by atoms with E-state index in [4.69, 9.17) is 0 Å². The van der Waals surface area contributed by atoms with Crippen LogP contribution in [0.15, 0.2) is 132 Å². The zero-order valence-electron chi connectivity index (χ0n) is 19.2. The van der Waals surface area contributed by atoms with Crippen LogP contribution in [0.4, 0.5) is 11.4 Å². The minimum absolute atomic E-state index is 0.187. The summed E-state index contributed by atoms with van der Waals surface area (Å²) in [6.45, 7) is 0. The highest BCUT2D eigenvalue weighted by Gasteiger charge is 2.22. The highest BCUT2D eigenvalue weighted by atomic mass is 32.2. The van der Waals surface area contributed by atoms with Gasteiger partial charge in [0, 0.05) is 16.9 Å². The number of aromatic nitrogens is 3. The summed E-state index contributed by atoms with van der Waals surface area (Å²) in [6, 6.07) is 38.3. The number of amides is 1. The van der Waals surface area contributed by atoms with Gasteiger partial charge >= 0.3 is 0 Å². The molecule has 0 fully saturated rings. The van der Waals surface area contributed by atoms with Gasteiger partial charge in [0.15, 0.2) is 10.9 Å². The Balaban J connectivity index is 1.53. The first kappa shape index (κ1) is 23.1. The van der Waals surface area contributed by atoms with E-state index >= 15 is 0 Å². The molecule has 0 spiro atoms. The summed E-state index contributed by atoms with van der Waals surface area (Å²) in [5.74, 6) is 0.307. The summed E-state index contributed by atoms with van der Waals surface area (Å²) in [7, 11) is 0. The standard InChI is InChI=1S/C28H22N6OS/c35-26(29-22-15-7-2-8-16-22)27(32-30-23-17-9-3-10-18-23)36-28-33-31-25(21-13-5-1-6-14-21)34(28)24-19-11-4-12-20-24/h1-20,30H,(H,29,35)/b32-27+. The molecule has 5 aromatic rings. The van der Waals surface area contributed by atoms with Crippen LogP contribution in [-0.4, -0.2) is 25.7 Å². The van der Waals surface area contributed by atoms with Gasteiger partial charge < -0.3 is 5.32 Å². The molecule has 0 saturated carbocycles. The summed E-state index contributed by atoms with van der Waals surface area (Å²) in [5, 5.41) is 16.9. The first-order valence-corrected chi connectivity index (χ1v) is 12.1. The smallest absolute Gasteiger partial charge is 0.283 e. The van der Waals surface area contributed by atoms with Crippen LogP contribution in [-0.2, 0) is 4.79 Å². The second-order valence-electron chi connectivity index (χ2n) is 7.66. The SMILES string of the molecule is O=C(Nc1ccccc1)/C(=N\Nc1ccccc1)Sc1nnc(-c2ccccc2)n1-c1ccccc1. The molecule has 0 unspecified atom stereocenters. The van der Waals surface area contributed by atoms with Crippen LogP contribution in [0.2, 0.25) is 0 Å². The second-order valence-corrected chi connectivity index (χ2v) is 8.62. The van der Waals surface area contributed by atoms with Crippen molar-refractivity contribution in [2.45, 2.75) is 5.16 Å². The Bertz CT molecular complexity index is 1460. The van der Waals surface area contributed by atoms with Crippen molar-refractivity contribution in [3.63, 3.8) is 0 Å². The monoisotopic (exact) mass is 490 g/mol. The Morgan fingerprint density at radius 3 is 1.89 bits per heavy atom. The maximum atomic E-state index is 13.3. The predicted molar refractivity (Wildman–Crippen MR) is 145 cm³/mol. The quantitative estimate of drug-likeness (QED) is 0.130. The molecule has 176 valence electrons. The third-order valence-electron chi connectivity index (χ3n) is 5.15. The summed E-state index contributed by atoms with van der Waals surface area (Å²) < 4.78 is 1.92. The molecule has 7 nitrogen and oxygen atoms in total. The number of thioether (sulfide) groups is 1. The third-order valence-corrected chi connectivity index (χ3v) is 6.07. The van der Waals surface area contributed by atoms with Crippen LogP contribution < -0.4 is 10.7 Å². The van der Waals surface area contributed by atoms with E-state index in [0.717, 1.165) is 28.7 Å². The van der Waals surface area contributed by atoms with Gasteiger partial charge in [-0.25, -0.2) is 0 Å². The fraction of sp³-hybridized carbons (Fsp3) is 0. The number of nitrogens with one attached hydrogen (secondary N) is 2. The second kappa shape index (κ2) is 11.2. The van der Waals surface area contributed by atoms with E-state index in [2.05, 4.69) is 26.0 Å². The minimum Gasteiger partial charge on any atom is -0.320 e. The summed E-state index contributed by atoms with van der Waals surface area (Å²) >= 11 is 1.14. The molecule has 1 heterocycles. The van der Waals surface area contributed by atoms with E-state index in [-0.39, 0.29) is 11.0 Å². The van der Waals surface area contributed by atoms with Gasteiger partial charge in [-0.15, -0.1) is 10.2 Å². The van der Waals surface area contributed by atoms with Gasteiger partial charge in [0.1, 0.15) is 0 Å². The molecule has 0 saturated heterocycles. The molecule has 1 amide bonds. The van der Waals surface area contributed by atoms with E-state index in [0.29, 0.717) is 16.7 Å². The Kier molecular flexibility index (Phi) is 7.15. The lowest BCUT2D eigenvalue weighted by Gasteiger charge is -2.12. The van der Waals surface area contributed by atoms with Gasteiger partial charge in [0.25, 0.3) is 5.91 Å². The van der Waals surface area contributed by atoms with E-state index in [1.54, 1.807) is 0 Å². The normalized spacial score (nSPS) is 11.2. The highest BCUT2D eigenvalue weighted by Crippen LogP contribution is 2.29. The van der Waals surface area contributed by atoms with Crippen LogP contribution in [0, 0.1) is 0 Å². The average Bonchev–Trinajstić information content (AvgIpc) is 3.36. The molecule has 0 radical (unpaired) electrons. The Hall–Kier alpha value is -4.69. The van der Waals surface area contributed by atoms with Crippen molar-refractivity contribution in [1.82, 2.24) is 14.8 Å². The zero-order chi connectivity index (χ0) is 24.6. The molecule has 0 atom stereocenters. The third kappa shape index (κ3) is 5.51. The number of hydrogen-bond donors (Lipinski definition) is 2. The molecule has 1 aromatic heterocycles. The number of para-hydroxylation sites is 3. The molecule has 0 aliphatic heterocycles. The number of anilines is 2. The van der Waals surface area contributed by atoms with Crippen molar-refractivity contribution in [2.75, 3.05) is 10.7 Å². The van der Waals surface area contributed by atoms with Crippen molar-refractivity contribution in [1.29, 1.82) is 0 Å². The van der Waals surface area contributed by atoms with Crippen molar-refractivity contribution in [2.24, 2.45) is 5.10 Å². The number of rotatable bonds is 6. The van der Waals surface area contributed by atoms with Crippen LogP contribution in [0.5, 0.6) is 0 Å². The minimum atomic E-state index is -0.362. The van der Waals surface area contributed by atoms with Gasteiger partial charge in [-0.05, 0) is 48.2 Å². The Morgan fingerprint density at radius 1 is 0.694 bits per heavy atom. The fourth-order valence-electron chi connectivity index (χ4n) is 3.46. The molecule has 5 rings (SSSR count). The Labute approximate surface area is 212 Å². The largest absolute Gasteiger partial charge is 0.320 e. The van der Waals surface area contributed by atoms with E-state index in [1.807, 2.05) is 126 Å². The number of carbonyl (C=O) groups is 1. The van der Waals surface area contributed by atoms with Gasteiger partial charge in [-0.3, -0.25) is 14.8 Å². The molecule has 4 aromatic carbocycles. The van der Waals surface area contributed by atoms with Crippen molar-refractivity contribution < 1.29 is 4.79 Å². The molecule has 0 aliphatic carbocycles. The average molecular weight is 491 g/mol. The lowest BCUT2D eigenvalue weighted by Crippen LogP contribution is -2.22. The number of carbonyl (C=O) groups excluding carboxylic acids is 1. The molecule has 36 heavy (non-hydrogen) atoms. The van der Waals surface area contributed by atoms with Gasteiger partial charge in [-0.2, -0.15) is 5.10 Å². The van der Waals surface area contributed by atoms with Crippen LogP contribution in [0.25, 0.3) is 17.1 Å². The summed E-state index contributed by atoms with van der Waals surface area (Å²) in [5.41, 5.74) is 6.20. The van der Waals surface area contributed by atoms with E-state index in [9.17, 15) is 4.79 Å². The van der Waals surface area contributed by atoms with Gasteiger partial charge in [0.05, 0.1) is 5.69 Å². The van der Waals surface area contributed by atoms with E-state index in [1.165, 1.54) is 0 Å². The van der Waals surface area contributed by atoms with Crippen LogP contribution in [0.1, 0.15) is 0 Å². The van der Waals surface area contributed by atoms with Crippen molar-refractivity contribution >= 4 is 34.1 Å². The summed E-state index contributed by atoms with van der Waals surface area (Å²) in [4.78, 5) is 13.3. The number of hydrazone groups is 1. The topological polar surface area (TPSA) is 84.2 Å². The molecular weight excluding hydrogens is 468 g/mol. The maximum Gasteiger partial charge on any atom is 0.283 e. The first-order chi connectivity index (χ1) is 17.8. The molecule has 2 N–H and O–H groups in total. The fourth-order valence-corrected chi connectivity index (χ4v) is 4.23. The van der Waals surface area contributed by atoms with Gasteiger partial charge in [0.2, 0.25) is 5.16 Å². The molecule has 8 heteroatoms. The predicted octanol–water partition coefficient (Wildman–Crippen LogP) is 6.09. The Morgan fingerprint density at radius 2 is 1.25 bits per heavy atom. The lowest BCUT2D eigenvalue weighted by atomic mass is 10.2. The van der Waals surface area contributed by atoms with Crippen molar-refractivity contribution in [3.8, 4) is 17.1 Å². The van der Waals surface area contributed by atoms with Crippen LogP contribution in [0.3, 0.4) is 0 Å². The van der Waals surface area contributed by atoms with Gasteiger partial charge in [-0.1, -0.05) is 84.9 Å². The van der Waals surface area contributed by atoms with Crippen molar-refractivity contribution in [3.05, 3.63) is 121 Å². The van der Waals surface area contributed by atoms with E-state index < -0.39 is 0 Å². The lowest BCUT2D eigenvalue weighted by molar-refractivity contribution is -0.110. The number of nitrogens with zero attached hydrogens (tertiary/aromatic N) is 4. The zero-order valence-corrected chi connectivity index (χ0v) is 20.0. The first-order valence-electron chi connectivity index (χ1n) is 11.3. The summed E-state index contributed by atoms with van der Waals surface area (Å²) in [6.07, 6.45) is 0. The van der Waals surface area contributed by atoms with Crippen LogP contribution >= 0.6 is 11.8 Å². The molecular formula is C28H22N6OS. The maximum absolute atomic E-state index is 13.3. The number of hydrogen-bond acceptors (Lipinski definition) is 6. The molecule has 0 aliphatic rings. The highest BCUT2D eigenvalue weighted by molar-refractivity contribution is 8.15. The molecule has 0 bridgehead atoms.